The van der Waals surface area contributed by atoms with E-state index in [1.807, 2.05) is 0 Å². The number of hydrogen-bond acceptors (Lipinski definition) is 4. The summed E-state index contributed by atoms with van der Waals surface area (Å²) in [7, 11) is 0. The van der Waals surface area contributed by atoms with Gasteiger partial charge in [-0.3, -0.25) is 9.59 Å². The zero-order valence-electron chi connectivity index (χ0n) is 11.1. The number of hydrogen-bond donors (Lipinski definition) is 0. The minimum atomic E-state index is -0.267. The van der Waals surface area contributed by atoms with E-state index < -0.39 is 0 Å². The summed E-state index contributed by atoms with van der Waals surface area (Å²) in [5, 5.41) is 0. The number of allylic oxidation sites excluding steroid dienone is 1. The first-order valence-electron chi connectivity index (χ1n) is 5.95. The zero-order valence-corrected chi connectivity index (χ0v) is 11.1. The summed E-state index contributed by atoms with van der Waals surface area (Å²) in [4.78, 5) is 21.0. The number of unbranched alkanes of at least 4 members (excludes halogenated alkanes) is 1. The molecule has 0 fully saturated rings. The largest absolute Gasteiger partial charge is 0.466 e. The lowest BCUT2D eigenvalue weighted by Gasteiger charge is -2.00. The van der Waals surface area contributed by atoms with Crippen molar-refractivity contribution in [3.05, 3.63) is 12.2 Å². The molecule has 0 aromatic rings. The van der Waals surface area contributed by atoms with Gasteiger partial charge < -0.3 is 9.47 Å². The highest BCUT2D eigenvalue weighted by Gasteiger charge is 1.94. The molecular formula is C14H20O4. The molecule has 0 aliphatic rings. The highest BCUT2D eigenvalue weighted by atomic mass is 16.5. The molecular weight excluding hydrogens is 232 g/mol. The molecule has 0 amide bonds. The third kappa shape index (κ3) is 12.3. The second kappa shape index (κ2) is 10.4. The van der Waals surface area contributed by atoms with E-state index in [4.69, 9.17) is 9.47 Å². The van der Waals surface area contributed by atoms with Gasteiger partial charge >= 0.3 is 11.9 Å². The van der Waals surface area contributed by atoms with Gasteiger partial charge in [0.05, 0.1) is 13.2 Å². The van der Waals surface area contributed by atoms with Crippen molar-refractivity contribution in [3.63, 3.8) is 0 Å². The van der Waals surface area contributed by atoms with E-state index in [1.165, 1.54) is 13.8 Å². The number of carbonyl (C=O) groups excluding carboxylic acids is 2. The van der Waals surface area contributed by atoms with Gasteiger partial charge in [-0.15, -0.1) is 0 Å². The minimum absolute atomic E-state index is 0.266. The van der Waals surface area contributed by atoms with Crippen LogP contribution < -0.4 is 0 Å². The topological polar surface area (TPSA) is 52.6 Å². The lowest BCUT2D eigenvalue weighted by molar-refractivity contribution is -0.141. The van der Waals surface area contributed by atoms with Crippen LogP contribution in [-0.4, -0.2) is 25.2 Å². The molecule has 0 saturated heterocycles. The summed E-state index contributed by atoms with van der Waals surface area (Å²) in [5.41, 5.74) is 0.828. The molecule has 18 heavy (non-hydrogen) atoms. The zero-order chi connectivity index (χ0) is 13.8. The monoisotopic (exact) mass is 252 g/mol. The normalized spacial score (nSPS) is 9.00. The van der Waals surface area contributed by atoms with Crippen LogP contribution in [0.25, 0.3) is 0 Å². The molecule has 0 radical (unpaired) electrons. The molecule has 0 aromatic carbocycles. The van der Waals surface area contributed by atoms with Gasteiger partial charge in [0.25, 0.3) is 0 Å². The Morgan fingerprint density at radius 2 is 1.61 bits per heavy atom. The number of rotatable bonds is 7. The van der Waals surface area contributed by atoms with Gasteiger partial charge in [0, 0.05) is 20.3 Å². The SMILES string of the molecule is C=C(C#CCCCOC(C)=O)CCCOC(C)=O. The summed E-state index contributed by atoms with van der Waals surface area (Å²) >= 11 is 0. The van der Waals surface area contributed by atoms with Gasteiger partial charge in [0.15, 0.2) is 0 Å². The number of ether oxygens (including phenoxy) is 2. The van der Waals surface area contributed by atoms with Crippen LogP contribution in [0.2, 0.25) is 0 Å². The second-order valence-electron chi connectivity index (χ2n) is 3.79. The molecule has 0 heterocycles. The maximum absolute atomic E-state index is 10.5. The van der Waals surface area contributed by atoms with E-state index in [2.05, 4.69) is 18.4 Å². The predicted molar refractivity (Wildman–Crippen MR) is 68.7 cm³/mol. The molecule has 100 valence electrons. The van der Waals surface area contributed by atoms with E-state index in [0.29, 0.717) is 19.6 Å². The van der Waals surface area contributed by atoms with Crippen LogP contribution in [0.1, 0.15) is 39.5 Å². The Balaban J connectivity index is 3.51. The average molecular weight is 252 g/mol. The maximum Gasteiger partial charge on any atom is 0.302 e. The van der Waals surface area contributed by atoms with Crippen molar-refractivity contribution in [1.29, 1.82) is 0 Å². The van der Waals surface area contributed by atoms with Gasteiger partial charge in [0.2, 0.25) is 0 Å². The Hall–Kier alpha value is -1.76. The molecule has 0 saturated carbocycles. The Labute approximate surface area is 108 Å². The van der Waals surface area contributed by atoms with Gasteiger partial charge in [-0.25, -0.2) is 0 Å². The van der Waals surface area contributed by atoms with Gasteiger partial charge in [0.1, 0.15) is 0 Å². The fourth-order valence-electron chi connectivity index (χ4n) is 1.13. The van der Waals surface area contributed by atoms with Crippen molar-refractivity contribution in [2.45, 2.75) is 39.5 Å². The van der Waals surface area contributed by atoms with Crippen LogP contribution in [0.15, 0.2) is 12.2 Å². The molecule has 0 unspecified atom stereocenters. The lowest BCUT2D eigenvalue weighted by Crippen LogP contribution is -2.00. The number of esters is 2. The third-order valence-corrected chi connectivity index (χ3v) is 1.94. The minimum Gasteiger partial charge on any atom is -0.466 e. The van der Waals surface area contributed by atoms with Crippen LogP contribution >= 0.6 is 0 Å². The molecule has 0 aliphatic heterocycles. The first-order valence-corrected chi connectivity index (χ1v) is 5.95. The summed E-state index contributed by atoms with van der Waals surface area (Å²) in [6.07, 6.45) is 2.87. The van der Waals surface area contributed by atoms with Crippen LogP contribution in [-0.2, 0) is 19.1 Å². The Morgan fingerprint density at radius 1 is 1.06 bits per heavy atom. The van der Waals surface area contributed by atoms with E-state index >= 15 is 0 Å². The molecule has 0 aliphatic carbocycles. The summed E-state index contributed by atoms with van der Waals surface area (Å²) in [6, 6.07) is 0. The van der Waals surface area contributed by atoms with Gasteiger partial charge in [-0.1, -0.05) is 18.4 Å². The maximum atomic E-state index is 10.5. The molecule has 0 atom stereocenters. The molecule has 0 bridgehead atoms. The van der Waals surface area contributed by atoms with E-state index in [-0.39, 0.29) is 11.9 Å². The molecule has 0 aromatic heterocycles. The van der Waals surface area contributed by atoms with Crippen molar-refractivity contribution in [2.75, 3.05) is 13.2 Å². The van der Waals surface area contributed by atoms with Crippen LogP contribution in [0.3, 0.4) is 0 Å². The standard InChI is InChI=1S/C14H20O4/c1-12(9-7-11-18-14(3)16)8-5-4-6-10-17-13(2)15/h1,4,6-7,9-11H2,2-3H3. The summed E-state index contributed by atoms with van der Waals surface area (Å²) in [5.74, 6) is 5.36. The van der Waals surface area contributed by atoms with Crippen LogP contribution in [0, 0.1) is 11.8 Å². The summed E-state index contributed by atoms with van der Waals surface area (Å²) < 4.78 is 9.57. The predicted octanol–water partition coefficient (Wildman–Crippen LogP) is 2.23. The molecule has 0 rings (SSSR count). The van der Waals surface area contributed by atoms with Crippen molar-refractivity contribution in [2.24, 2.45) is 0 Å². The Bertz CT molecular complexity index is 347. The Morgan fingerprint density at radius 3 is 2.17 bits per heavy atom. The first-order chi connectivity index (χ1) is 8.52. The average Bonchev–Trinajstić information content (AvgIpc) is 2.28. The van der Waals surface area contributed by atoms with E-state index in [9.17, 15) is 9.59 Å². The van der Waals surface area contributed by atoms with Crippen molar-refractivity contribution in [3.8, 4) is 11.8 Å². The quantitative estimate of drug-likeness (QED) is 0.396. The fraction of sp³-hybridized carbons (Fsp3) is 0.571. The molecule has 0 spiro atoms. The third-order valence-electron chi connectivity index (χ3n) is 1.94. The smallest absolute Gasteiger partial charge is 0.302 e. The fourth-order valence-corrected chi connectivity index (χ4v) is 1.13. The van der Waals surface area contributed by atoms with E-state index in [1.54, 1.807) is 0 Å². The first kappa shape index (κ1) is 16.2. The van der Waals surface area contributed by atoms with Crippen molar-refractivity contribution in [1.82, 2.24) is 0 Å². The second-order valence-corrected chi connectivity index (χ2v) is 3.79. The van der Waals surface area contributed by atoms with Crippen molar-refractivity contribution < 1.29 is 19.1 Å². The molecule has 0 N–H and O–H groups in total. The number of carbonyl (C=O) groups is 2. The van der Waals surface area contributed by atoms with Gasteiger partial charge in [-0.05, 0) is 24.8 Å². The Kier molecular flexibility index (Phi) is 9.38. The van der Waals surface area contributed by atoms with Gasteiger partial charge in [-0.2, -0.15) is 0 Å². The highest BCUT2D eigenvalue weighted by molar-refractivity contribution is 5.66. The van der Waals surface area contributed by atoms with Crippen LogP contribution in [0.4, 0.5) is 0 Å². The van der Waals surface area contributed by atoms with Crippen LogP contribution in [0.5, 0.6) is 0 Å². The molecule has 4 nitrogen and oxygen atoms in total. The summed E-state index contributed by atoms with van der Waals surface area (Å²) in [6.45, 7) is 7.40. The lowest BCUT2D eigenvalue weighted by atomic mass is 10.1. The van der Waals surface area contributed by atoms with E-state index in [0.717, 1.165) is 24.8 Å². The highest BCUT2D eigenvalue weighted by Crippen LogP contribution is 2.01. The molecule has 4 heteroatoms. The van der Waals surface area contributed by atoms with Crippen molar-refractivity contribution >= 4 is 11.9 Å².